The van der Waals surface area contributed by atoms with E-state index in [1.54, 1.807) is 10.6 Å². The number of rotatable bonds is 3. The number of aromatic carboxylic acids is 1. The molecule has 3 aromatic rings. The van der Waals surface area contributed by atoms with Gasteiger partial charge in [0, 0.05) is 11.8 Å². The van der Waals surface area contributed by atoms with Gasteiger partial charge in [-0.15, -0.1) is 0 Å². The summed E-state index contributed by atoms with van der Waals surface area (Å²) < 4.78 is 1.78. The number of halogens is 1. The quantitative estimate of drug-likeness (QED) is 0.770. The smallest absolute Gasteiger partial charge is 0.356 e. The Morgan fingerprint density at radius 3 is 2.61 bits per heavy atom. The molecule has 0 bridgehead atoms. The fraction of sp³-hybridized carbons (Fsp3) is 0.111. The van der Waals surface area contributed by atoms with E-state index >= 15 is 0 Å². The summed E-state index contributed by atoms with van der Waals surface area (Å²) in [6.07, 6.45) is 1.53. The minimum Gasteiger partial charge on any atom is -0.476 e. The van der Waals surface area contributed by atoms with Crippen molar-refractivity contribution in [1.82, 2.24) is 9.55 Å². The zero-order valence-electron chi connectivity index (χ0n) is 12.7. The van der Waals surface area contributed by atoms with Gasteiger partial charge in [-0.3, -0.25) is 4.57 Å². The van der Waals surface area contributed by atoms with Crippen LogP contribution >= 0.6 is 11.6 Å². The zero-order valence-corrected chi connectivity index (χ0v) is 13.5. The molecule has 0 saturated heterocycles. The SMILES string of the molecule is Cc1ccc(C)c(-n2cc(C(=O)O)nc2-c2ccccc2Cl)c1. The Labute approximate surface area is 139 Å². The topological polar surface area (TPSA) is 55.1 Å². The Balaban J connectivity index is 2.30. The van der Waals surface area contributed by atoms with Crippen LogP contribution in [0.15, 0.2) is 48.7 Å². The molecule has 1 heterocycles. The maximum atomic E-state index is 11.4. The van der Waals surface area contributed by atoms with Gasteiger partial charge in [-0.05, 0) is 43.2 Å². The lowest BCUT2D eigenvalue weighted by Crippen LogP contribution is -1.99. The summed E-state index contributed by atoms with van der Waals surface area (Å²) in [7, 11) is 0. The molecule has 0 saturated carbocycles. The van der Waals surface area contributed by atoms with Crippen molar-refractivity contribution in [2.24, 2.45) is 0 Å². The largest absolute Gasteiger partial charge is 0.476 e. The number of nitrogens with zero attached hydrogens (tertiary/aromatic N) is 2. The van der Waals surface area contributed by atoms with E-state index in [4.69, 9.17) is 11.6 Å². The second kappa shape index (κ2) is 5.89. The molecule has 5 heteroatoms. The monoisotopic (exact) mass is 326 g/mol. The second-order valence-corrected chi connectivity index (χ2v) is 5.80. The van der Waals surface area contributed by atoms with Crippen LogP contribution in [-0.2, 0) is 0 Å². The van der Waals surface area contributed by atoms with Gasteiger partial charge < -0.3 is 5.11 Å². The molecular weight excluding hydrogens is 312 g/mol. The minimum atomic E-state index is -1.07. The maximum absolute atomic E-state index is 11.4. The number of carboxylic acids is 1. The molecule has 1 aromatic heterocycles. The van der Waals surface area contributed by atoms with Crippen molar-refractivity contribution in [2.75, 3.05) is 0 Å². The summed E-state index contributed by atoms with van der Waals surface area (Å²) in [5, 5.41) is 9.83. The normalized spacial score (nSPS) is 10.7. The average Bonchev–Trinajstić information content (AvgIpc) is 2.95. The van der Waals surface area contributed by atoms with Crippen molar-refractivity contribution < 1.29 is 9.90 Å². The molecule has 0 fully saturated rings. The first-order valence-corrected chi connectivity index (χ1v) is 7.50. The molecule has 1 N–H and O–H groups in total. The fourth-order valence-electron chi connectivity index (χ4n) is 2.48. The summed E-state index contributed by atoms with van der Waals surface area (Å²) in [6.45, 7) is 3.97. The first kappa shape index (κ1) is 15.3. The molecule has 0 unspecified atom stereocenters. The molecule has 0 spiro atoms. The zero-order chi connectivity index (χ0) is 16.6. The number of benzene rings is 2. The van der Waals surface area contributed by atoms with Crippen LogP contribution in [0.4, 0.5) is 0 Å². The van der Waals surface area contributed by atoms with Gasteiger partial charge in [-0.2, -0.15) is 0 Å². The molecule has 3 rings (SSSR count). The van der Waals surface area contributed by atoms with Crippen LogP contribution in [0, 0.1) is 13.8 Å². The van der Waals surface area contributed by atoms with E-state index in [1.807, 2.05) is 50.2 Å². The van der Waals surface area contributed by atoms with Crippen LogP contribution < -0.4 is 0 Å². The van der Waals surface area contributed by atoms with Crippen LogP contribution in [0.2, 0.25) is 5.02 Å². The van der Waals surface area contributed by atoms with Crippen LogP contribution in [0.5, 0.6) is 0 Å². The predicted molar refractivity (Wildman–Crippen MR) is 90.4 cm³/mol. The fourth-order valence-corrected chi connectivity index (χ4v) is 2.70. The van der Waals surface area contributed by atoms with Crippen LogP contribution in [0.1, 0.15) is 21.6 Å². The molecule has 23 heavy (non-hydrogen) atoms. The van der Waals surface area contributed by atoms with Crippen molar-refractivity contribution in [3.63, 3.8) is 0 Å². The molecule has 0 aliphatic heterocycles. The Morgan fingerprint density at radius 2 is 1.91 bits per heavy atom. The number of hydrogen-bond donors (Lipinski definition) is 1. The minimum absolute atomic E-state index is 0.0131. The lowest BCUT2D eigenvalue weighted by molar-refractivity contribution is 0.0691. The van der Waals surface area contributed by atoms with Crippen molar-refractivity contribution >= 4 is 17.6 Å². The number of aryl methyl sites for hydroxylation is 2. The molecule has 0 aliphatic carbocycles. The number of aromatic nitrogens is 2. The molecule has 0 amide bonds. The molecular formula is C18H15ClN2O2. The summed E-state index contributed by atoms with van der Waals surface area (Å²) in [6, 6.07) is 13.3. The van der Waals surface area contributed by atoms with E-state index in [2.05, 4.69) is 4.98 Å². The third kappa shape index (κ3) is 2.85. The Morgan fingerprint density at radius 1 is 1.17 bits per heavy atom. The summed E-state index contributed by atoms with van der Waals surface area (Å²) in [5.41, 5.74) is 3.68. The highest BCUT2D eigenvalue weighted by Gasteiger charge is 2.18. The van der Waals surface area contributed by atoms with Gasteiger partial charge in [0.1, 0.15) is 5.82 Å². The highest BCUT2D eigenvalue weighted by Crippen LogP contribution is 2.30. The van der Waals surface area contributed by atoms with Gasteiger partial charge in [0.15, 0.2) is 5.69 Å². The van der Waals surface area contributed by atoms with Crippen LogP contribution in [0.25, 0.3) is 17.1 Å². The number of hydrogen-bond acceptors (Lipinski definition) is 2. The van der Waals surface area contributed by atoms with E-state index in [1.165, 1.54) is 6.20 Å². The standard InChI is InChI=1S/C18H15ClN2O2/c1-11-7-8-12(2)16(9-11)21-10-15(18(22)23)20-17(21)13-5-3-4-6-14(13)19/h3-10H,1-2H3,(H,22,23). The molecule has 0 aliphatic rings. The highest BCUT2D eigenvalue weighted by molar-refractivity contribution is 6.33. The first-order chi connectivity index (χ1) is 11.0. The van der Waals surface area contributed by atoms with E-state index in [0.29, 0.717) is 16.4 Å². The van der Waals surface area contributed by atoms with Crippen LogP contribution in [-0.4, -0.2) is 20.6 Å². The summed E-state index contributed by atoms with van der Waals surface area (Å²) in [4.78, 5) is 15.6. The number of carboxylic acid groups (broad SMARTS) is 1. The summed E-state index contributed by atoms with van der Waals surface area (Å²) in [5.74, 6) is -0.552. The molecule has 0 radical (unpaired) electrons. The predicted octanol–water partition coefficient (Wildman–Crippen LogP) is 4.51. The lowest BCUT2D eigenvalue weighted by atomic mass is 10.1. The summed E-state index contributed by atoms with van der Waals surface area (Å²) >= 11 is 6.28. The molecule has 2 aromatic carbocycles. The van der Waals surface area contributed by atoms with E-state index in [9.17, 15) is 9.90 Å². The number of carbonyl (C=O) groups is 1. The molecule has 116 valence electrons. The van der Waals surface area contributed by atoms with E-state index in [-0.39, 0.29) is 5.69 Å². The van der Waals surface area contributed by atoms with Gasteiger partial charge in [-0.25, -0.2) is 9.78 Å². The third-order valence-electron chi connectivity index (χ3n) is 3.66. The molecule has 0 atom stereocenters. The van der Waals surface area contributed by atoms with Gasteiger partial charge in [-0.1, -0.05) is 35.9 Å². The van der Waals surface area contributed by atoms with Crippen molar-refractivity contribution in [3.8, 4) is 17.1 Å². The maximum Gasteiger partial charge on any atom is 0.356 e. The van der Waals surface area contributed by atoms with E-state index in [0.717, 1.165) is 16.8 Å². The second-order valence-electron chi connectivity index (χ2n) is 5.39. The van der Waals surface area contributed by atoms with Crippen molar-refractivity contribution in [1.29, 1.82) is 0 Å². The first-order valence-electron chi connectivity index (χ1n) is 7.12. The average molecular weight is 327 g/mol. The van der Waals surface area contributed by atoms with Crippen molar-refractivity contribution in [2.45, 2.75) is 13.8 Å². The van der Waals surface area contributed by atoms with Gasteiger partial charge in [0.05, 0.1) is 10.7 Å². The Bertz CT molecular complexity index is 900. The highest BCUT2D eigenvalue weighted by atomic mass is 35.5. The van der Waals surface area contributed by atoms with Gasteiger partial charge in [0.2, 0.25) is 0 Å². The van der Waals surface area contributed by atoms with E-state index < -0.39 is 5.97 Å². The Hall–Kier alpha value is -2.59. The third-order valence-corrected chi connectivity index (χ3v) is 3.99. The molecule has 4 nitrogen and oxygen atoms in total. The van der Waals surface area contributed by atoms with Gasteiger partial charge in [0.25, 0.3) is 0 Å². The number of imidazole rings is 1. The van der Waals surface area contributed by atoms with Crippen LogP contribution in [0.3, 0.4) is 0 Å². The van der Waals surface area contributed by atoms with Crippen molar-refractivity contribution in [3.05, 3.63) is 70.5 Å². The Kier molecular flexibility index (Phi) is 3.92. The van der Waals surface area contributed by atoms with Gasteiger partial charge >= 0.3 is 5.97 Å². The lowest BCUT2D eigenvalue weighted by Gasteiger charge is -2.12.